The fraction of sp³-hybridized carbons (Fsp3) is 0.304. The number of amides is 1. The van der Waals surface area contributed by atoms with Crippen LogP contribution in [0.25, 0.3) is 0 Å². The summed E-state index contributed by atoms with van der Waals surface area (Å²) in [6.45, 7) is 5.29. The maximum Gasteiger partial charge on any atom is 0.259 e. The molecule has 1 heterocycles. The number of rotatable bonds is 7. The Balaban J connectivity index is 1.73. The minimum Gasteiger partial charge on any atom is -0.322 e. The van der Waals surface area contributed by atoms with Crippen molar-refractivity contribution < 1.29 is 4.79 Å². The van der Waals surface area contributed by atoms with Crippen LogP contribution in [0.5, 0.6) is 0 Å². The van der Waals surface area contributed by atoms with Crippen LogP contribution in [0.4, 0.5) is 5.69 Å². The summed E-state index contributed by atoms with van der Waals surface area (Å²) >= 11 is 6.27. The Morgan fingerprint density at radius 2 is 1.79 bits per heavy atom. The molecule has 1 N–H and O–H groups in total. The van der Waals surface area contributed by atoms with Gasteiger partial charge in [0.15, 0.2) is 0 Å². The molecule has 1 aromatic heterocycles. The molecule has 3 rings (SSSR count). The van der Waals surface area contributed by atoms with Crippen molar-refractivity contribution in [2.75, 3.05) is 26.0 Å². The van der Waals surface area contributed by atoms with Gasteiger partial charge in [-0.2, -0.15) is 5.10 Å². The molecule has 2 aromatic carbocycles. The predicted octanol–water partition coefficient (Wildman–Crippen LogP) is 4.56. The molecule has 0 spiro atoms. The van der Waals surface area contributed by atoms with E-state index < -0.39 is 0 Å². The summed E-state index contributed by atoms with van der Waals surface area (Å²) in [6.07, 6.45) is 0.980. The van der Waals surface area contributed by atoms with Gasteiger partial charge in [-0.3, -0.25) is 9.48 Å². The van der Waals surface area contributed by atoms with Gasteiger partial charge in [-0.05, 0) is 63.7 Å². The normalized spacial score (nSPS) is 11.1. The molecule has 0 saturated heterocycles. The molecule has 29 heavy (non-hydrogen) atoms. The van der Waals surface area contributed by atoms with Gasteiger partial charge in [0, 0.05) is 22.9 Å². The molecule has 6 heteroatoms. The van der Waals surface area contributed by atoms with Crippen molar-refractivity contribution in [1.82, 2.24) is 14.7 Å². The van der Waals surface area contributed by atoms with Crippen molar-refractivity contribution in [2.24, 2.45) is 0 Å². The Bertz CT molecular complexity index is 993. The number of carbonyl (C=O) groups is 1. The van der Waals surface area contributed by atoms with E-state index in [-0.39, 0.29) is 5.91 Å². The minimum absolute atomic E-state index is 0.147. The van der Waals surface area contributed by atoms with Gasteiger partial charge in [0.1, 0.15) is 0 Å². The first-order valence-electron chi connectivity index (χ1n) is 9.67. The number of hydrogen-bond donors (Lipinski definition) is 1. The smallest absolute Gasteiger partial charge is 0.259 e. The molecule has 0 saturated carbocycles. The molecule has 0 bridgehead atoms. The van der Waals surface area contributed by atoms with Crippen LogP contribution in [0.15, 0.2) is 48.5 Å². The van der Waals surface area contributed by atoms with E-state index in [9.17, 15) is 4.79 Å². The lowest BCUT2D eigenvalue weighted by molar-refractivity contribution is 0.102. The monoisotopic (exact) mass is 410 g/mol. The van der Waals surface area contributed by atoms with E-state index in [1.54, 1.807) is 0 Å². The van der Waals surface area contributed by atoms with Crippen LogP contribution < -0.4 is 5.32 Å². The van der Waals surface area contributed by atoms with Gasteiger partial charge in [-0.25, -0.2) is 0 Å². The van der Waals surface area contributed by atoms with Crippen molar-refractivity contribution in [1.29, 1.82) is 0 Å². The number of anilines is 1. The molecule has 5 nitrogen and oxygen atoms in total. The highest BCUT2D eigenvalue weighted by Crippen LogP contribution is 2.21. The standard InChI is InChI=1S/C23H27ClN4O/c1-16-22(17(2)28(26-16)15-19-7-5-6-8-21(19)24)23(29)25-20-11-9-18(10-12-20)13-14-27(3)4/h5-12H,13-15H2,1-4H3,(H,25,29). The second-order valence-corrected chi connectivity index (χ2v) is 7.91. The van der Waals surface area contributed by atoms with Crippen LogP contribution >= 0.6 is 11.6 Å². The third kappa shape index (κ3) is 5.25. The second-order valence-electron chi connectivity index (χ2n) is 7.50. The highest BCUT2D eigenvalue weighted by atomic mass is 35.5. The number of nitrogens with zero attached hydrogens (tertiary/aromatic N) is 3. The van der Waals surface area contributed by atoms with Gasteiger partial charge >= 0.3 is 0 Å². The molecule has 0 aliphatic carbocycles. The number of halogens is 1. The molecule has 0 radical (unpaired) electrons. The number of aryl methyl sites for hydroxylation is 1. The SMILES string of the molecule is Cc1nn(Cc2ccccc2Cl)c(C)c1C(=O)Nc1ccc(CCN(C)C)cc1. The van der Waals surface area contributed by atoms with Crippen LogP contribution in [0.3, 0.4) is 0 Å². The summed E-state index contributed by atoms with van der Waals surface area (Å²) in [5.41, 5.74) is 5.13. The number of benzene rings is 2. The molecular weight excluding hydrogens is 384 g/mol. The summed E-state index contributed by atoms with van der Waals surface area (Å²) in [4.78, 5) is 15.0. The molecule has 1 amide bonds. The highest BCUT2D eigenvalue weighted by Gasteiger charge is 2.19. The average molecular weight is 411 g/mol. The number of carbonyl (C=O) groups excluding carboxylic acids is 1. The summed E-state index contributed by atoms with van der Waals surface area (Å²) in [6, 6.07) is 15.7. The van der Waals surface area contributed by atoms with E-state index in [4.69, 9.17) is 11.6 Å². The quantitative estimate of drug-likeness (QED) is 0.621. The molecule has 0 aliphatic rings. The van der Waals surface area contributed by atoms with Crippen molar-refractivity contribution in [3.63, 3.8) is 0 Å². The van der Waals surface area contributed by atoms with Crippen LogP contribution in [-0.2, 0) is 13.0 Å². The van der Waals surface area contributed by atoms with Crippen LogP contribution in [0, 0.1) is 13.8 Å². The largest absolute Gasteiger partial charge is 0.322 e. The Morgan fingerprint density at radius 3 is 2.45 bits per heavy atom. The number of likely N-dealkylation sites (N-methyl/N-ethyl adjacent to an activating group) is 1. The average Bonchev–Trinajstić information content (AvgIpc) is 2.96. The summed E-state index contributed by atoms with van der Waals surface area (Å²) in [5.74, 6) is -0.147. The first-order chi connectivity index (χ1) is 13.8. The van der Waals surface area contributed by atoms with Gasteiger partial charge < -0.3 is 10.2 Å². The Hall–Kier alpha value is -2.63. The molecule has 0 unspecified atom stereocenters. The van der Waals surface area contributed by atoms with E-state index in [1.165, 1.54) is 5.56 Å². The third-order valence-electron chi connectivity index (χ3n) is 4.95. The fourth-order valence-corrected chi connectivity index (χ4v) is 3.46. The zero-order chi connectivity index (χ0) is 21.0. The minimum atomic E-state index is -0.147. The van der Waals surface area contributed by atoms with E-state index >= 15 is 0 Å². The van der Waals surface area contributed by atoms with E-state index in [0.717, 1.165) is 29.9 Å². The molecular formula is C23H27ClN4O. The summed E-state index contributed by atoms with van der Waals surface area (Å²) < 4.78 is 1.83. The van der Waals surface area contributed by atoms with Crippen molar-refractivity contribution >= 4 is 23.2 Å². The number of nitrogens with one attached hydrogen (secondary N) is 1. The van der Waals surface area contributed by atoms with Crippen LogP contribution in [0.1, 0.15) is 32.9 Å². The third-order valence-corrected chi connectivity index (χ3v) is 5.31. The summed E-state index contributed by atoms with van der Waals surface area (Å²) in [7, 11) is 4.12. The maximum atomic E-state index is 12.9. The maximum absolute atomic E-state index is 12.9. The lowest BCUT2D eigenvalue weighted by Gasteiger charge is -2.10. The van der Waals surface area contributed by atoms with Gasteiger partial charge in [0.05, 0.1) is 17.8 Å². The Kier molecular flexibility index (Phi) is 6.72. The fourth-order valence-electron chi connectivity index (χ4n) is 3.27. The first kappa shape index (κ1) is 21.1. The summed E-state index contributed by atoms with van der Waals surface area (Å²) in [5, 5.41) is 8.24. The first-order valence-corrected chi connectivity index (χ1v) is 10.1. The zero-order valence-corrected chi connectivity index (χ0v) is 18.1. The molecule has 0 fully saturated rings. The van der Waals surface area contributed by atoms with Crippen molar-refractivity contribution in [3.05, 3.63) is 81.6 Å². The Morgan fingerprint density at radius 1 is 1.10 bits per heavy atom. The second kappa shape index (κ2) is 9.25. The molecule has 3 aromatic rings. The number of hydrogen-bond acceptors (Lipinski definition) is 3. The molecule has 0 atom stereocenters. The van der Waals surface area contributed by atoms with Gasteiger partial charge in [-0.15, -0.1) is 0 Å². The number of aromatic nitrogens is 2. The van der Waals surface area contributed by atoms with E-state index in [0.29, 0.717) is 22.8 Å². The highest BCUT2D eigenvalue weighted by molar-refractivity contribution is 6.31. The van der Waals surface area contributed by atoms with Crippen LogP contribution in [0.2, 0.25) is 5.02 Å². The van der Waals surface area contributed by atoms with E-state index in [1.807, 2.05) is 54.9 Å². The van der Waals surface area contributed by atoms with Gasteiger partial charge in [-0.1, -0.05) is 41.9 Å². The van der Waals surface area contributed by atoms with E-state index in [2.05, 4.69) is 41.5 Å². The van der Waals surface area contributed by atoms with Crippen molar-refractivity contribution in [2.45, 2.75) is 26.8 Å². The zero-order valence-electron chi connectivity index (χ0n) is 17.4. The lowest BCUT2D eigenvalue weighted by Crippen LogP contribution is -2.15. The van der Waals surface area contributed by atoms with Gasteiger partial charge in [0.2, 0.25) is 0 Å². The predicted molar refractivity (Wildman–Crippen MR) is 119 cm³/mol. The molecule has 152 valence electrons. The van der Waals surface area contributed by atoms with Crippen LogP contribution in [-0.4, -0.2) is 41.2 Å². The van der Waals surface area contributed by atoms with Crippen molar-refractivity contribution in [3.8, 4) is 0 Å². The lowest BCUT2D eigenvalue weighted by atomic mass is 10.1. The molecule has 0 aliphatic heterocycles. The van der Waals surface area contributed by atoms with Gasteiger partial charge in [0.25, 0.3) is 5.91 Å². The topological polar surface area (TPSA) is 50.2 Å². The Labute approximate surface area is 177 Å².